The maximum atomic E-state index is 13.6. The Hall–Kier alpha value is -3.02. The number of carbonyl (C=O) groups excluding carboxylic acids is 2. The van der Waals surface area contributed by atoms with Gasteiger partial charge in [-0.15, -0.1) is 0 Å². The number of hydrogen-bond acceptors (Lipinski definition) is 4. The third kappa shape index (κ3) is 4.06. The first-order valence-electron chi connectivity index (χ1n) is 11.5. The predicted octanol–water partition coefficient (Wildman–Crippen LogP) is 4.57. The molecule has 32 heavy (non-hydrogen) atoms. The van der Waals surface area contributed by atoms with Gasteiger partial charge >= 0.3 is 5.97 Å². The Balaban J connectivity index is 1.79. The fraction of sp³-hybridized carbons (Fsp3) is 0.462. The number of rotatable bonds is 3. The SMILES string of the molecule is CCOC(=O)/C=C/c1cc2c(cc1O)CCn1c-2cc2c1C(=O)N(C(C)(C)C)CCCC2. The second kappa shape index (κ2) is 8.49. The zero-order valence-corrected chi connectivity index (χ0v) is 19.4. The molecule has 0 atom stereocenters. The molecule has 2 aliphatic heterocycles. The van der Waals surface area contributed by atoms with E-state index in [2.05, 4.69) is 31.4 Å². The van der Waals surface area contributed by atoms with Gasteiger partial charge in [0.25, 0.3) is 5.91 Å². The average Bonchev–Trinajstić information content (AvgIpc) is 3.07. The van der Waals surface area contributed by atoms with Gasteiger partial charge in [-0.1, -0.05) is 0 Å². The highest BCUT2D eigenvalue weighted by molar-refractivity contribution is 5.97. The molecule has 3 heterocycles. The van der Waals surface area contributed by atoms with Crippen molar-refractivity contribution >= 4 is 18.0 Å². The van der Waals surface area contributed by atoms with E-state index in [1.165, 1.54) is 6.08 Å². The molecule has 1 amide bonds. The normalized spacial score (nSPS) is 16.2. The van der Waals surface area contributed by atoms with E-state index in [4.69, 9.17) is 4.74 Å². The number of fused-ring (bicyclic) bond motifs is 5. The highest BCUT2D eigenvalue weighted by Crippen LogP contribution is 2.39. The molecule has 0 bridgehead atoms. The van der Waals surface area contributed by atoms with Crippen molar-refractivity contribution in [3.63, 3.8) is 0 Å². The van der Waals surface area contributed by atoms with Gasteiger partial charge in [-0.3, -0.25) is 4.79 Å². The number of aromatic nitrogens is 1. The van der Waals surface area contributed by atoms with E-state index in [0.717, 1.165) is 60.3 Å². The number of nitrogens with zero attached hydrogens (tertiary/aromatic N) is 2. The van der Waals surface area contributed by atoms with Gasteiger partial charge < -0.3 is 19.3 Å². The van der Waals surface area contributed by atoms with E-state index >= 15 is 0 Å². The first-order valence-corrected chi connectivity index (χ1v) is 11.5. The van der Waals surface area contributed by atoms with E-state index in [1.54, 1.807) is 19.1 Å². The van der Waals surface area contributed by atoms with Gasteiger partial charge in [0.1, 0.15) is 11.4 Å². The fourth-order valence-corrected chi connectivity index (χ4v) is 4.77. The van der Waals surface area contributed by atoms with Crippen LogP contribution in [0.1, 0.15) is 67.7 Å². The van der Waals surface area contributed by atoms with E-state index in [9.17, 15) is 14.7 Å². The monoisotopic (exact) mass is 436 g/mol. The Kier molecular flexibility index (Phi) is 5.89. The summed E-state index contributed by atoms with van der Waals surface area (Å²) >= 11 is 0. The summed E-state index contributed by atoms with van der Waals surface area (Å²) in [5, 5.41) is 10.5. The Morgan fingerprint density at radius 1 is 1.12 bits per heavy atom. The van der Waals surface area contributed by atoms with Gasteiger partial charge in [0.05, 0.1) is 6.61 Å². The first-order chi connectivity index (χ1) is 15.2. The van der Waals surface area contributed by atoms with Gasteiger partial charge in [-0.05, 0) is 88.8 Å². The summed E-state index contributed by atoms with van der Waals surface area (Å²) in [6, 6.07) is 5.83. The third-order valence-corrected chi connectivity index (χ3v) is 6.33. The van der Waals surface area contributed by atoms with Crippen molar-refractivity contribution in [1.29, 1.82) is 0 Å². The molecule has 2 aromatic rings. The third-order valence-electron chi connectivity index (χ3n) is 6.33. The van der Waals surface area contributed by atoms with Gasteiger partial charge in [0, 0.05) is 41.5 Å². The summed E-state index contributed by atoms with van der Waals surface area (Å²) in [5.74, 6) is -0.204. The Bertz CT molecular complexity index is 1090. The Morgan fingerprint density at radius 2 is 1.91 bits per heavy atom. The molecule has 6 nitrogen and oxygen atoms in total. The molecule has 6 heteroatoms. The number of amides is 1. The van der Waals surface area contributed by atoms with Crippen LogP contribution >= 0.6 is 0 Å². The Morgan fingerprint density at radius 3 is 2.62 bits per heavy atom. The first kappa shape index (κ1) is 22.2. The van der Waals surface area contributed by atoms with Crippen LogP contribution in [0.15, 0.2) is 24.3 Å². The summed E-state index contributed by atoms with van der Waals surface area (Å²) in [6.07, 6.45) is 6.58. The number of aryl methyl sites for hydroxylation is 2. The molecule has 0 radical (unpaired) electrons. The molecule has 0 spiro atoms. The number of hydrogen-bond donors (Lipinski definition) is 1. The molecular weight excluding hydrogens is 404 g/mol. The van der Waals surface area contributed by atoms with Crippen LogP contribution < -0.4 is 0 Å². The van der Waals surface area contributed by atoms with E-state index in [1.807, 2.05) is 11.0 Å². The second-order valence-corrected chi connectivity index (χ2v) is 9.54. The number of phenols is 1. The standard InChI is InChI=1S/C26H32N2O4/c1-5-32-23(30)10-9-18-14-20-17(16-22(18)29)11-13-27-21(20)15-19-8-6-7-12-28(26(2,3)4)25(31)24(19)27/h9-10,14-16,29H,5-8,11-13H2,1-4H3/b10-9+. The van der Waals surface area contributed by atoms with Crippen LogP contribution in [0.25, 0.3) is 17.3 Å². The summed E-state index contributed by atoms with van der Waals surface area (Å²) in [6.45, 7) is 9.81. The average molecular weight is 437 g/mol. The molecular formula is C26H32N2O4. The lowest BCUT2D eigenvalue weighted by Crippen LogP contribution is -2.47. The van der Waals surface area contributed by atoms with Crippen molar-refractivity contribution in [3.8, 4) is 17.0 Å². The summed E-state index contributed by atoms with van der Waals surface area (Å²) in [5.41, 5.74) is 5.28. The predicted molar refractivity (Wildman–Crippen MR) is 125 cm³/mol. The quantitative estimate of drug-likeness (QED) is 0.565. The number of phenolic OH excluding ortho intramolecular Hbond substituents is 1. The van der Waals surface area contributed by atoms with Crippen LogP contribution in [0.4, 0.5) is 0 Å². The number of carbonyl (C=O) groups is 2. The van der Waals surface area contributed by atoms with Gasteiger partial charge in [0.15, 0.2) is 0 Å². The van der Waals surface area contributed by atoms with Crippen LogP contribution in [0.2, 0.25) is 0 Å². The molecule has 170 valence electrons. The van der Waals surface area contributed by atoms with E-state index in [0.29, 0.717) is 18.7 Å². The minimum absolute atomic E-state index is 0.100. The second-order valence-electron chi connectivity index (χ2n) is 9.54. The summed E-state index contributed by atoms with van der Waals surface area (Å²) < 4.78 is 7.10. The van der Waals surface area contributed by atoms with Crippen LogP contribution in [0, 0.1) is 0 Å². The largest absolute Gasteiger partial charge is 0.507 e. The van der Waals surface area contributed by atoms with Crippen LogP contribution in [-0.2, 0) is 28.9 Å². The number of ether oxygens (including phenoxy) is 1. The maximum absolute atomic E-state index is 13.6. The summed E-state index contributed by atoms with van der Waals surface area (Å²) in [7, 11) is 0. The van der Waals surface area contributed by atoms with Gasteiger partial charge in [-0.2, -0.15) is 0 Å². The molecule has 1 N–H and O–H groups in total. The Labute approximate surface area is 189 Å². The van der Waals surface area contributed by atoms with E-state index in [-0.39, 0.29) is 17.2 Å². The van der Waals surface area contributed by atoms with Crippen LogP contribution in [-0.4, -0.2) is 45.1 Å². The van der Waals surface area contributed by atoms with Crippen LogP contribution in [0.3, 0.4) is 0 Å². The van der Waals surface area contributed by atoms with Gasteiger partial charge in [-0.25, -0.2) is 4.79 Å². The lowest BCUT2D eigenvalue weighted by Gasteiger charge is -2.37. The van der Waals surface area contributed by atoms with Crippen molar-refractivity contribution in [2.24, 2.45) is 0 Å². The highest BCUT2D eigenvalue weighted by atomic mass is 16.5. The van der Waals surface area contributed by atoms with Crippen molar-refractivity contribution in [1.82, 2.24) is 9.47 Å². The molecule has 0 saturated heterocycles. The highest BCUT2D eigenvalue weighted by Gasteiger charge is 2.34. The molecule has 0 fully saturated rings. The maximum Gasteiger partial charge on any atom is 0.330 e. The molecule has 0 aliphatic carbocycles. The number of esters is 1. The zero-order chi connectivity index (χ0) is 23.0. The molecule has 0 unspecified atom stereocenters. The number of aromatic hydroxyl groups is 1. The van der Waals surface area contributed by atoms with Crippen molar-refractivity contribution in [3.05, 3.63) is 46.7 Å². The smallest absolute Gasteiger partial charge is 0.330 e. The van der Waals surface area contributed by atoms with Crippen molar-refractivity contribution in [2.75, 3.05) is 13.2 Å². The van der Waals surface area contributed by atoms with Crippen molar-refractivity contribution in [2.45, 2.75) is 65.5 Å². The molecule has 1 aromatic carbocycles. The zero-order valence-electron chi connectivity index (χ0n) is 19.4. The molecule has 1 aromatic heterocycles. The minimum Gasteiger partial charge on any atom is -0.507 e. The van der Waals surface area contributed by atoms with E-state index < -0.39 is 5.97 Å². The fourth-order valence-electron chi connectivity index (χ4n) is 4.77. The van der Waals surface area contributed by atoms with Crippen molar-refractivity contribution < 1.29 is 19.4 Å². The molecule has 0 saturated carbocycles. The lowest BCUT2D eigenvalue weighted by molar-refractivity contribution is -0.137. The molecule has 4 rings (SSSR count). The van der Waals surface area contributed by atoms with Crippen LogP contribution in [0.5, 0.6) is 5.75 Å². The summed E-state index contributed by atoms with van der Waals surface area (Å²) in [4.78, 5) is 27.4. The molecule has 2 aliphatic rings. The number of benzene rings is 1. The van der Waals surface area contributed by atoms with Gasteiger partial charge in [0.2, 0.25) is 0 Å². The minimum atomic E-state index is -0.441. The topological polar surface area (TPSA) is 71.8 Å². The lowest BCUT2D eigenvalue weighted by atomic mass is 9.95.